The zero-order valence-electron chi connectivity index (χ0n) is 6.33. The second-order valence-corrected chi connectivity index (χ2v) is 3.54. The summed E-state index contributed by atoms with van der Waals surface area (Å²) in [7, 11) is 0. The lowest BCUT2D eigenvalue weighted by Crippen LogP contribution is -1.87. The molecule has 0 radical (unpaired) electrons. The van der Waals surface area contributed by atoms with E-state index in [2.05, 4.69) is 36.1 Å². The normalized spacial score (nSPS) is 10.3. The van der Waals surface area contributed by atoms with E-state index >= 15 is 0 Å². The van der Waals surface area contributed by atoms with Crippen molar-refractivity contribution in [3.05, 3.63) is 28.1 Å². The molecule has 0 spiro atoms. The molecule has 0 saturated heterocycles. The van der Waals surface area contributed by atoms with Crippen LogP contribution in [0.15, 0.2) is 22.9 Å². The highest BCUT2D eigenvalue weighted by atomic mass is 79.9. The molecular weight excluding hydrogens is 255 g/mol. The SMILES string of the molecule is Clc1ccc(Br)c(-c2ncn[nH]2)n1. The molecule has 0 aromatic carbocycles. The van der Waals surface area contributed by atoms with Crippen molar-refractivity contribution in [3.8, 4) is 11.5 Å². The van der Waals surface area contributed by atoms with Crippen LogP contribution in [0, 0.1) is 0 Å². The number of hydrogen-bond acceptors (Lipinski definition) is 3. The van der Waals surface area contributed by atoms with E-state index in [1.165, 1.54) is 6.33 Å². The van der Waals surface area contributed by atoms with Gasteiger partial charge in [-0.05, 0) is 28.1 Å². The maximum atomic E-state index is 5.74. The Morgan fingerprint density at radius 3 is 2.92 bits per heavy atom. The Balaban J connectivity index is 2.57. The first kappa shape index (κ1) is 8.65. The van der Waals surface area contributed by atoms with E-state index in [-0.39, 0.29) is 0 Å². The zero-order chi connectivity index (χ0) is 9.26. The fourth-order valence-corrected chi connectivity index (χ4v) is 1.46. The van der Waals surface area contributed by atoms with Gasteiger partial charge in [-0.3, -0.25) is 5.10 Å². The van der Waals surface area contributed by atoms with Gasteiger partial charge in [0.1, 0.15) is 17.2 Å². The minimum absolute atomic E-state index is 0.426. The summed E-state index contributed by atoms with van der Waals surface area (Å²) in [5.41, 5.74) is 0.657. The van der Waals surface area contributed by atoms with Gasteiger partial charge in [-0.1, -0.05) is 11.6 Å². The van der Waals surface area contributed by atoms with E-state index in [0.29, 0.717) is 16.7 Å². The van der Waals surface area contributed by atoms with Crippen molar-refractivity contribution in [1.29, 1.82) is 0 Å². The zero-order valence-corrected chi connectivity index (χ0v) is 8.67. The number of nitrogens with one attached hydrogen (secondary N) is 1. The van der Waals surface area contributed by atoms with Crippen LogP contribution in [0.2, 0.25) is 5.15 Å². The number of pyridine rings is 1. The quantitative estimate of drug-likeness (QED) is 0.799. The summed E-state index contributed by atoms with van der Waals surface area (Å²) in [6.45, 7) is 0. The molecular formula is C7H4BrClN4. The fourth-order valence-electron chi connectivity index (χ4n) is 0.904. The lowest BCUT2D eigenvalue weighted by molar-refractivity contribution is 1.08. The van der Waals surface area contributed by atoms with Crippen molar-refractivity contribution < 1.29 is 0 Å². The lowest BCUT2D eigenvalue weighted by Gasteiger charge is -1.98. The number of aromatic nitrogens is 4. The maximum absolute atomic E-state index is 5.74. The Morgan fingerprint density at radius 1 is 1.38 bits per heavy atom. The van der Waals surface area contributed by atoms with Crippen molar-refractivity contribution >= 4 is 27.5 Å². The summed E-state index contributed by atoms with van der Waals surface area (Å²) in [4.78, 5) is 8.07. The summed E-state index contributed by atoms with van der Waals surface area (Å²) < 4.78 is 0.827. The number of rotatable bonds is 1. The predicted molar refractivity (Wildman–Crippen MR) is 52.3 cm³/mol. The van der Waals surface area contributed by atoms with Gasteiger partial charge in [0, 0.05) is 4.47 Å². The molecule has 4 nitrogen and oxygen atoms in total. The van der Waals surface area contributed by atoms with Gasteiger partial charge >= 0.3 is 0 Å². The first-order chi connectivity index (χ1) is 6.27. The Kier molecular flexibility index (Phi) is 2.28. The number of aromatic amines is 1. The van der Waals surface area contributed by atoms with Gasteiger partial charge in [-0.2, -0.15) is 5.10 Å². The summed E-state index contributed by atoms with van der Waals surface area (Å²) in [6.07, 6.45) is 1.42. The van der Waals surface area contributed by atoms with E-state index < -0.39 is 0 Å². The minimum atomic E-state index is 0.426. The molecule has 6 heteroatoms. The van der Waals surface area contributed by atoms with Crippen LogP contribution < -0.4 is 0 Å². The molecule has 0 atom stereocenters. The highest BCUT2D eigenvalue weighted by molar-refractivity contribution is 9.10. The fraction of sp³-hybridized carbons (Fsp3) is 0. The average Bonchev–Trinajstić information content (AvgIpc) is 2.61. The molecule has 66 valence electrons. The van der Waals surface area contributed by atoms with Gasteiger partial charge in [0.25, 0.3) is 0 Å². The monoisotopic (exact) mass is 258 g/mol. The van der Waals surface area contributed by atoms with Gasteiger partial charge in [0.15, 0.2) is 5.82 Å². The van der Waals surface area contributed by atoms with E-state index in [4.69, 9.17) is 11.6 Å². The number of halogens is 2. The van der Waals surface area contributed by atoms with Crippen LogP contribution in [0.25, 0.3) is 11.5 Å². The molecule has 2 heterocycles. The summed E-state index contributed by atoms with van der Waals surface area (Å²) >= 11 is 9.08. The molecule has 2 aromatic heterocycles. The molecule has 0 fully saturated rings. The van der Waals surface area contributed by atoms with Gasteiger partial charge in [0.05, 0.1) is 0 Å². The molecule has 0 aliphatic heterocycles. The third-order valence-electron chi connectivity index (χ3n) is 1.45. The Hall–Kier alpha value is -0.940. The Bertz CT molecular complexity index is 414. The Labute approximate surface area is 87.5 Å². The van der Waals surface area contributed by atoms with Crippen LogP contribution in [0.4, 0.5) is 0 Å². The van der Waals surface area contributed by atoms with E-state index in [1.54, 1.807) is 6.07 Å². The molecule has 1 N–H and O–H groups in total. The minimum Gasteiger partial charge on any atom is -0.258 e. The number of hydrogen-bond donors (Lipinski definition) is 1. The molecule has 0 aliphatic carbocycles. The van der Waals surface area contributed by atoms with E-state index in [0.717, 1.165) is 4.47 Å². The van der Waals surface area contributed by atoms with Gasteiger partial charge < -0.3 is 0 Å². The van der Waals surface area contributed by atoms with Crippen LogP contribution in [0.5, 0.6) is 0 Å². The summed E-state index contributed by atoms with van der Waals surface area (Å²) in [5.74, 6) is 0.592. The highest BCUT2D eigenvalue weighted by Crippen LogP contribution is 2.24. The van der Waals surface area contributed by atoms with Crippen molar-refractivity contribution in [2.24, 2.45) is 0 Å². The number of H-pyrrole nitrogens is 1. The lowest BCUT2D eigenvalue weighted by atomic mass is 10.3. The smallest absolute Gasteiger partial charge is 0.175 e. The molecule has 2 aromatic rings. The van der Waals surface area contributed by atoms with Crippen LogP contribution in [0.3, 0.4) is 0 Å². The molecule has 0 aliphatic rings. The van der Waals surface area contributed by atoms with Gasteiger partial charge in [0.2, 0.25) is 0 Å². The van der Waals surface area contributed by atoms with Crippen molar-refractivity contribution in [1.82, 2.24) is 20.2 Å². The third-order valence-corrected chi connectivity index (χ3v) is 2.30. The topological polar surface area (TPSA) is 54.5 Å². The molecule has 13 heavy (non-hydrogen) atoms. The largest absolute Gasteiger partial charge is 0.258 e. The summed E-state index contributed by atoms with van der Waals surface area (Å²) in [5, 5.41) is 6.86. The standard InChI is InChI=1S/C7H4BrClN4/c8-4-1-2-5(9)12-6(4)7-10-3-11-13-7/h1-3H,(H,10,11,13). The Morgan fingerprint density at radius 2 is 2.23 bits per heavy atom. The predicted octanol–water partition coefficient (Wildman–Crippen LogP) is 2.28. The summed E-state index contributed by atoms with van der Waals surface area (Å²) in [6, 6.07) is 3.51. The molecule has 0 amide bonds. The van der Waals surface area contributed by atoms with Crippen LogP contribution in [-0.2, 0) is 0 Å². The highest BCUT2D eigenvalue weighted by Gasteiger charge is 2.07. The first-order valence-electron chi connectivity index (χ1n) is 3.45. The molecule has 0 unspecified atom stereocenters. The van der Waals surface area contributed by atoms with Crippen LogP contribution >= 0.6 is 27.5 Å². The second kappa shape index (κ2) is 3.43. The number of nitrogens with zero attached hydrogens (tertiary/aromatic N) is 3. The second-order valence-electron chi connectivity index (χ2n) is 2.30. The first-order valence-corrected chi connectivity index (χ1v) is 4.62. The molecule has 2 rings (SSSR count). The maximum Gasteiger partial charge on any atom is 0.175 e. The average molecular weight is 259 g/mol. The van der Waals surface area contributed by atoms with Crippen molar-refractivity contribution in [2.45, 2.75) is 0 Å². The van der Waals surface area contributed by atoms with Gasteiger partial charge in [-0.25, -0.2) is 9.97 Å². The van der Waals surface area contributed by atoms with Crippen molar-refractivity contribution in [3.63, 3.8) is 0 Å². The van der Waals surface area contributed by atoms with E-state index in [1.807, 2.05) is 6.07 Å². The van der Waals surface area contributed by atoms with E-state index in [9.17, 15) is 0 Å². The van der Waals surface area contributed by atoms with Crippen LogP contribution in [0.1, 0.15) is 0 Å². The third kappa shape index (κ3) is 1.71. The van der Waals surface area contributed by atoms with Gasteiger partial charge in [-0.15, -0.1) is 0 Å². The van der Waals surface area contributed by atoms with Crippen LogP contribution in [-0.4, -0.2) is 20.2 Å². The molecule has 0 saturated carbocycles. The molecule has 0 bridgehead atoms. The van der Waals surface area contributed by atoms with Crippen molar-refractivity contribution in [2.75, 3.05) is 0 Å².